The number of unbranched alkanes of at least 4 members (excludes halogenated alkanes) is 1. The van der Waals surface area contributed by atoms with E-state index in [4.69, 9.17) is 0 Å². The van der Waals surface area contributed by atoms with Gasteiger partial charge in [0, 0.05) is 0 Å². The average Bonchev–Trinajstić information content (AvgIpc) is 2.13. The van der Waals surface area contributed by atoms with Gasteiger partial charge in [0.2, 0.25) is 0 Å². The molecule has 12 heavy (non-hydrogen) atoms. The Labute approximate surface area is 83.5 Å². The lowest BCUT2D eigenvalue weighted by Crippen LogP contribution is -2.21. The fourth-order valence-electron chi connectivity index (χ4n) is 1.83. The van der Waals surface area contributed by atoms with Gasteiger partial charge in [-0.3, -0.25) is 0 Å². The maximum atomic E-state index is 4.49. The lowest BCUT2D eigenvalue weighted by molar-refractivity contribution is 0.259. The third kappa shape index (κ3) is 3.84. The SMILES string of the molecule is CCCCC(CC)(CS)CCC. The fraction of sp³-hybridized carbons (Fsp3) is 1.00. The zero-order valence-electron chi connectivity index (χ0n) is 8.90. The van der Waals surface area contributed by atoms with Crippen LogP contribution in [0.4, 0.5) is 0 Å². The second kappa shape index (κ2) is 6.82. The molecule has 0 radical (unpaired) electrons. The third-order valence-corrected chi connectivity index (χ3v) is 3.60. The maximum absolute atomic E-state index is 4.49. The molecule has 1 atom stereocenters. The summed E-state index contributed by atoms with van der Waals surface area (Å²) in [5, 5.41) is 0. The third-order valence-electron chi connectivity index (χ3n) is 2.93. The summed E-state index contributed by atoms with van der Waals surface area (Å²) in [7, 11) is 0. The van der Waals surface area contributed by atoms with E-state index in [9.17, 15) is 0 Å². The van der Waals surface area contributed by atoms with E-state index in [-0.39, 0.29) is 0 Å². The minimum atomic E-state index is 0.549. The lowest BCUT2D eigenvalue weighted by atomic mass is 9.78. The van der Waals surface area contributed by atoms with Crippen molar-refractivity contribution in [2.45, 2.75) is 59.3 Å². The summed E-state index contributed by atoms with van der Waals surface area (Å²) in [6.45, 7) is 6.85. The van der Waals surface area contributed by atoms with E-state index in [0.29, 0.717) is 5.41 Å². The zero-order valence-corrected chi connectivity index (χ0v) is 9.79. The van der Waals surface area contributed by atoms with Crippen LogP contribution in [0.3, 0.4) is 0 Å². The highest BCUT2D eigenvalue weighted by atomic mass is 32.1. The predicted octanol–water partition coefficient (Wildman–Crippen LogP) is 4.30. The molecule has 1 unspecified atom stereocenters. The summed E-state index contributed by atoms with van der Waals surface area (Å²) in [4.78, 5) is 0. The van der Waals surface area contributed by atoms with Gasteiger partial charge in [0.25, 0.3) is 0 Å². The molecule has 0 aliphatic rings. The summed E-state index contributed by atoms with van der Waals surface area (Å²) >= 11 is 4.49. The molecule has 0 aromatic heterocycles. The molecule has 0 rings (SSSR count). The number of thiol groups is 1. The molecule has 1 heteroatoms. The summed E-state index contributed by atoms with van der Waals surface area (Å²) in [5.74, 6) is 1.07. The lowest BCUT2D eigenvalue weighted by Gasteiger charge is -2.30. The first-order valence-corrected chi connectivity index (χ1v) is 5.98. The Balaban J connectivity index is 3.95. The van der Waals surface area contributed by atoms with Crippen molar-refractivity contribution in [3.63, 3.8) is 0 Å². The van der Waals surface area contributed by atoms with Crippen LogP contribution in [0.1, 0.15) is 59.3 Å². The van der Waals surface area contributed by atoms with Crippen LogP contribution in [0.5, 0.6) is 0 Å². The summed E-state index contributed by atoms with van der Waals surface area (Å²) in [6, 6.07) is 0. The molecule has 0 N–H and O–H groups in total. The van der Waals surface area contributed by atoms with Crippen molar-refractivity contribution >= 4 is 12.6 Å². The molecule has 0 saturated heterocycles. The van der Waals surface area contributed by atoms with Gasteiger partial charge in [-0.2, -0.15) is 12.6 Å². The van der Waals surface area contributed by atoms with Gasteiger partial charge in [-0.1, -0.05) is 40.0 Å². The molecule has 0 bridgehead atoms. The average molecular weight is 188 g/mol. The van der Waals surface area contributed by atoms with Gasteiger partial charge in [-0.05, 0) is 30.4 Å². The van der Waals surface area contributed by atoms with Crippen molar-refractivity contribution in [2.24, 2.45) is 5.41 Å². The van der Waals surface area contributed by atoms with Crippen LogP contribution in [0.15, 0.2) is 0 Å². The van der Waals surface area contributed by atoms with Crippen LogP contribution in [-0.4, -0.2) is 5.75 Å². The molecular formula is C11H24S. The van der Waals surface area contributed by atoms with Gasteiger partial charge in [0.1, 0.15) is 0 Å². The minimum Gasteiger partial charge on any atom is -0.179 e. The van der Waals surface area contributed by atoms with Gasteiger partial charge in [0.15, 0.2) is 0 Å². The molecule has 0 heterocycles. The van der Waals surface area contributed by atoms with Gasteiger partial charge < -0.3 is 0 Å². The Kier molecular flexibility index (Phi) is 7.02. The van der Waals surface area contributed by atoms with E-state index in [1.165, 1.54) is 38.5 Å². The molecule has 0 saturated carbocycles. The summed E-state index contributed by atoms with van der Waals surface area (Å²) in [6.07, 6.45) is 8.01. The van der Waals surface area contributed by atoms with E-state index < -0.39 is 0 Å². The molecule has 0 nitrogen and oxygen atoms in total. The highest BCUT2D eigenvalue weighted by Gasteiger charge is 2.24. The van der Waals surface area contributed by atoms with Crippen molar-refractivity contribution in [2.75, 3.05) is 5.75 Å². The first-order chi connectivity index (χ1) is 5.74. The van der Waals surface area contributed by atoms with Crippen LogP contribution in [-0.2, 0) is 0 Å². The second-order valence-electron chi connectivity index (χ2n) is 3.87. The van der Waals surface area contributed by atoms with Crippen LogP contribution < -0.4 is 0 Å². The number of hydrogen-bond donors (Lipinski definition) is 1. The van der Waals surface area contributed by atoms with Crippen molar-refractivity contribution < 1.29 is 0 Å². The standard InChI is InChI=1S/C11H24S/c1-4-7-9-11(6-3,10-12)8-5-2/h12H,4-10H2,1-3H3. The van der Waals surface area contributed by atoms with Crippen LogP contribution in [0.25, 0.3) is 0 Å². The van der Waals surface area contributed by atoms with Crippen LogP contribution >= 0.6 is 12.6 Å². The van der Waals surface area contributed by atoms with Crippen molar-refractivity contribution in [1.82, 2.24) is 0 Å². The number of rotatable bonds is 7. The normalized spacial score (nSPS) is 16.0. The van der Waals surface area contributed by atoms with E-state index >= 15 is 0 Å². The minimum absolute atomic E-state index is 0.549. The van der Waals surface area contributed by atoms with E-state index in [2.05, 4.69) is 33.4 Å². The maximum Gasteiger partial charge on any atom is -0.00413 e. The van der Waals surface area contributed by atoms with Crippen LogP contribution in [0.2, 0.25) is 0 Å². The van der Waals surface area contributed by atoms with Crippen molar-refractivity contribution in [1.29, 1.82) is 0 Å². The van der Waals surface area contributed by atoms with E-state index in [0.717, 1.165) is 5.75 Å². The molecule has 0 aromatic carbocycles. The van der Waals surface area contributed by atoms with Gasteiger partial charge >= 0.3 is 0 Å². The molecule has 0 aliphatic carbocycles. The second-order valence-corrected chi connectivity index (χ2v) is 4.18. The van der Waals surface area contributed by atoms with Crippen molar-refractivity contribution in [3.8, 4) is 0 Å². The molecule has 0 fully saturated rings. The van der Waals surface area contributed by atoms with E-state index in [1.807, 2.05) is 0 Å². The van der Waals surface area contributed by atoms with E-state index in [1.54, 1.807) is 0 Å². The fourth-order valence-corrected chi connectivity index (χ4v) is 2.37. The largest absolute Gasteiger partial charge is 0.179 e. The first-order valence-electron chi connectivity index (χ1n) is 5.35. The Morgan fingerprint density at radius 3 is 2.00 bits per heavy atom. The molecule has 0 aliphatic heterocycles. The van der Waals surface area contributed by atoms with Gasteiger partial charge in [0.05, 0.1) is 0 Å². The number of hydrogen-bond acceptors (Lipinski definition) is 1. The highest BCUT2D eigenvalue weighted by Crippen LogP contribution is 2.34. The monoisotopic (exact) mass is 188 g/mol. The molecule has 0 spiro atoms. The summed E-state index contributed by atoms with van der Waals surface area (Å²) in [5.41, 5.74) is 0.549. The molecule has 0 aromatic rings. The Morgan fingerprint density at radius 2 is 1.67 bits per heavy atom. The summed E-state index contributed by atoms with van der Waals surface area (Å²) < 4.78 is 0. The Morgan fingerprint density at radius 1 is 1.00 bits per heavy atom. The topological polar surface area (TPSA) is 0 Å². The Hall–Kier alpha value is 0.350. The van der Waals surface area contributed by atoms with Crippen LogP contribution in [0, 0.1) is 5.41 Å². The van der Waals surface area contributed by atoms with Gasteiger partial charge in [-0.15, -0.1) is 0 Å². The predicted molar refractivity (Wildman–Crippen MR) is 61.0 cm³/mol. The molecule has 0 amide bonds. The smallest absolute Gasteiger partial charge is 0.00413 e. The molecular weight excluding hydrogens is 164 g/mol. The first kappa shape index (κ1) is 12.3. The van der Waals surface area contributed by atoms with Crippen molar-refractivity contribution in [3.05, 3.63) is 0 Å². The highest BCUT2D eigenvalue weighted by molar-refractivity contribution is 7.80. The molecule has 74 valence electrons. The zero-order chi connectivity index (χ0) is 9.45. The van der Waals surface area contributed by atoms with Gasteiger partial charge in [-0.25, -0.2) is 0 Å². The quantitative estimate of drug-likeness (QED) is 0.566. The Bertz CT molecular complexity index is 95.2.